The van der Waals surface area contributed by atoms with Crippen molar-refractivity contribution in [2.75, 3.05) is 26.3 Å². The third-order valence-corrected chi connectivity index (χ3v) is 3.67. The van der Waals surface area contributed by atoms with Crippen molar-refractivity contribution in [3.8, 4) is 0 Å². The molecule has 2 aliphatic heterocycles. The highest BCUT2D eigenvalue weighted by Gasteiger charge is 2.64. The van der Waals surface area contributed by atoms with E-state index in [0.29, 0.717) is 19.6 Å². The van der Waals surface area contributed by atoms with Gasteiger partial charge in [0.2, 0.25) is 0 Å². The van der Waals surface area contributed by atoms with E-state index in [-0.39, 0.29) is 19.0 Å². The van der Waals surface area contributed by atoms with Crippen molar-refractivity contribution in [3.63, 3.8) is 0 Å². The summed E-state index contributed by atoms with van der Waals surface area (Å²) in [6, 6.07) is -0.0708. The van der Waals surface area contributed by atoms with Gasteiger partial charge in [-0.2, -0.15) is 13.2 Å². The second kappa shape index (κ2) is 4.13. The van der Waals surface area contributed by atoms with Crippen molar-refractivity contribution in [2.24, 2.45) is 5.41 Å². The van der Waals surface area contributed by atoms with Crippen LogP contribution < -0.4 is 0 Å². The summed E-state index contributed by atoms with van der Waals surface area (Å²) < 4.78 is 43.8. The molecule has 0 bridgehead atoms. The Morgan fingerprint density at radius 3 is 2.59 bits per heavy atom. The van der Waals surface area contributed by atoms with Gasteiger partial charge in [-0.05, 0) is 12.8 Å². The maximum atomic E-state index is 12.9. The van der Waals surface area contributed by atoms with Gasteiger partial charge in [0.15, 0.2) is 5.41 Å². The predicted molar refractivity (Wildman–Crippen MR) is 51.5 cm³/mol. The molecule has 0 aliphatic carbocycles. The number of aliphatic carboxylic acids is 1. The molecule has 98 valence electrons. The number of ether oxygens (including phenoxy) is 1. The summed E-state index contributed by atoms with van der Waals surface area (Å²) in [6.07, 6.45) is -4.40. The van der Waals surface area contributed by atoms with Gasteiger partial charge in [0.05, 0.1) is 6.61 Å². The first-order chi connectivity index (χ1) is 7.87. The number of carboxylic acids is 1. The Balaban J connectivity index is 2.14. The van der Waals surface area contributed by atoms with Crippen LogP contribution in [0.5, 0.6) is 0 Å². The average molecular weight is 253 g/mol. The fourth-order valence-electron chi connectivity index (χ4n) is 2.49. The summed E-state index contributed by atoms with van der Waals surface area (Å²) in [4.78, 5) is 12.5. The molecule has 1 N–H and O–H groups in total. The van der Waals surface area contributed by atoms with Gasteiger partial charge >= 0.3 is 12.1 Å². The van der Waals surface area contributed by atoms with E-state index >= 15 is 0 Å². The first-order valence-electron chi connectivity index (χ1n) is 5.49. The number of hydrogen-bond acceptors (Lipinski definition) is 3. The van der Waals surface area contributed by atoms with Crippen LogP contribution in [0.2, 0.25) is 0 Å². The fourth-order valence-corrected chi connectivity index (χ4v) is 2.49. The van der Waals surface area contributed by atoms with Crippen molar-refractivity contribution >= 4 is 5.97 Å². The Bertz CT molecular complexity index is 314. The number of nitrogens with zero attached hydrogens (tertiary/aromatic N) is 1. The Labute approximate surface area is 96.3 Å². The molecule has 0 spiro atoms. The van der Waals surface area contributed by atoms with E-state index in [1.54, 1.807) is 4.90 Å². The molecule has 2 unspecified atom stereocenters. The molecule has 2 fully saturated rings. The first-order valence-corrected chi connectivity index (χ1v) is 5.49. The number of rotatable bonds is 2. The second-order valence-corrected chi connectivity index (χ2v) is 4.62. The molecule has 0 aromatic heterocycles. The van der Waals surface area contributed by atoms with Crippen molar-refractivity contribution in [1.82, 2.24) is 4.90 Å². The monoisotopic (exact) mass is 253 g/mol. The number of halogens is 3. The Morgan fingerprint density at radius 2 is 2.18 bits per heavy atom. The van der Waals surface area contributed by atoms with Crippen molar-refractivity contribution < 1.29 is 27.8 Å². The zero-order chi connectivity index (χ0) is 12.7. The quantitative estimate of drug-likeness (QED) is 0.801. The lowest BCUT2D eigenvalue weighted by molar-refractivity contribution is -0.227. The van der Waals surface area contributed by atoms with E-state index in [2.05, 4.69) is 0 Å². The van der Waals surface area contributed by atoms with Gasteiger partial charge in [0, 0.05) is 25.7 Å². The van der Waals surface area contributed by atoms with Gasteiger partial charge in [0.25, 0.3) is 0 Å². The minimum atomic E-state index is -4.70. The van der Waals surface area contributed by atoms with Crippen LogP contribution in [-0.2, 0) is 9.53 Å². The third-order valence-electron chi connectivity index (χ3n) is 3.67. The van der Waals surface area contributed by atoms with E-state index < -0.39 is 24.1 Å². The van der Waals surface area contributed by atoms with Crippen LogP contribution in [0.3, 0.4) is 0 Å². The molecule has 0 aromatic rings. The molecule has 0 radical (unpaired) electrons. The van der Waals surface area contributed by atoms with Crippen LogP contribution in [0.1, 0.15) is 12.8 Å². The summed E-state index contributed by atoms with van der Waals surface area (Å²) in [5, 5.41) is 8.88. The van der Waals surface area contributed by atoms with Crippen LogP contribution in [0, 0.1) is 5.41 Å². The summed E-state index contributed by atoms with van der Waals surface area (Å²) >= 11 is 0. The van der Waals surface area contributed by atoms with Gasteiger partial charge in [-0.15, -0.1) is 0 Å². The number of carbonyl (C=O) groups is 1. The van der Waals surface area contributed by atoms with Gasteiger partial charge in [-0.3, -0.25) is 9.69 Å². The molecule has 0 aromatic carbocycles. The van der Waals surface area contributed by atoms with Crippen LogP contribution in [0.15, 0.2) is 0 Å². The first kappa shape index (κ1) is 12.6. The smallest absolute Gasteiger partial charge is 0.406 e. The lowest BCUT2D eigenvalue weighted by Gasteiger charge is -2.29. The molecule has 0 amide bonds. The summed E-state index contributed by atoms with van der Waals surface area (Å²) in [7, 11) is 0. The highest BCUT2D eigenvalue weighted by Crippen LogP contribution is 2.46. The Morgan fingerprint density at radius 1 is 1.47 bits per heavy atom. The van der Waals surface area contributed by atoms with E-state index in [9.17, 15) is 18.0 Å². The average Bonchev–Trinajstić information content (AvgIpc) is 2.86. The molecule has 2 saturated heterocycles. The molecule has 2 rings (SSSR count). The van der Waals surface area contributed by atoms with Gasteiger partial charge in [-0.1, -0.05) is 0 Å². The molecule has 0 saturated carbocycles. The standard InChI is InChI=1S/C10H14F3NO3/c11-10(12,13)9(8(15)16)2-3-14(6-9)7-1-4-17-5-7/h7H,1-6H2,(H,15,16). The predicted octanol–water partition coefficient (Wildman–Crippen LogP) is 1.11. The van der Waals surface area contributed by atoms with Crippen LogP contribution in [0.25, 0.3) is 0 Å². The molecule has 2 heterocycles. The zero-order valence-corrected chi connectivity index (χ0v) is 9.16. The van der Waals surface area contributed by atoms with Crippen molar-refractivity contribution in [1.29, 1.82) is 0 Å². The Kier molecular flexibility index (Phi) is 3.07. The largest absolute Gasteiger partial charge is 0.481 e. The fraction of sp³-hybridized carbons (Fsp3) is 0.900. The molecule has 7 heteroatoms. The second-order valence-electron chi connectivity index (χ2n) is 4.62. The van der Waals surface area contributed by atoms with E-state index in [4.69, 9.17) is 9.84 Å². The van der Waals surface area contributed by atoms with Crippen molar-refractivity contribution in [2.45, 2.75) is 25.1 Å². The normalized spacial score (nSPS) is 35.4. The van der Waals surface area contributed by atoms with E-state index in [1.165, 1.54) is 0 Å². The maximum absolute atomic E-state index is 12.9. The SMILES string of the molecule is O=C(O)C1(C(F)(F)F)CCN(C2CCOC2)C1. The topological polar surface area (TPSA) is 49.8 Å². The third kappa shape index (κ3) is 2.01. The van der Waals surface area contributed by atoms with Gasteiger partial charge in [0.1, 0.15) is 0 Å². The van der Waals surface area contributed by atoms with E-state index in [1.807, 2.05) is 0 Å². The highest BCUT2D eigenvalue weighted by atomic mass is 19.4. The maximum Gasteiger partial charge on any atom is 0.406 e. The van der Waals surface area contributed by atoms with Gasteiger partial charge in [-0.25, -0.2) is 0 Å². The lowest BCUT2D eigenvalue weighted by atomic mass is 9.86. The van der Waals surface area contributed by atoms with Crippen LogP contribution in [-0.4, -0.2) is 54.5 Å². The number of alkyl halides is 3. The zero-order valence-electron chi connectivity index (χ0n) is 9.16. The van der Waals surface area contributed by atoms with Crippen LogP contribution >= 0.6 is 0 Å². The number of likely N-dealkylation sites (tertiary alicyclic amines) is 1. The lowest BCUT2D eigenvalue weighted by Crippen LogP contribution is -2.48. The molecule has 2 aliphatic rings. The summed E-state index contributed by atoms with van der Waals surface area (Å²) in [5.74, 6) is -1.77. The summed E-state index contributed by atoms with van der Waals surface area (Å²) in [5.41, 5.74) is -2.60. The minimum Gasteiger partial charge on any atom is -0.481 e. The van der Waals surface area contributed by atoms with Crippen LogP contribution in [0.4, 0.5) is 13.2 Å². The molecular weight excluding hydrogens is 239 g/mol. The van der Waals surface area contributed by atoms with Gasteiger partial charge < -0.3 is 9.84 Å². The minimum absolute atomic E-state index is 0.0708. The Hall–Kier alpha value is -0.820. The molecule has 2 atom stereocenters. The number of hydrogen-bond donors (Lipinski definition) is 1. The number of carboxylic acid groups (broad SMARTS) is 1. The molecule has 4 nitrogen and oxygen atoms in total. The molecule has 17 heavy (non-hydrogen) atoms. The highest BCUT2D eigenvalue weighted by molar-refractivity contribution is 5.76. The van der Waals surface area contributed by atoms with Crippen molar-refractivity contribution in [3.05, 3.63) is 0 Å². The summed E-state index contributed by atoms with van der Waals surface area (Å²) in [6.45, 7) is 0.639. The molecular formula is C10H14F3NO3. The van der Waals surface area contributed by atoms with E-state index in [0.717, 1.165) is 0 Å².